The first-order valence-corrected chi connectivity index (χ1v) is 8.93. The van der Waals surface area contributed by atoms with Crippen molar-refractivity contribution in [3.05, 3.63) is 60.4 Å². The van der Waals surface area contributed by atoms with Crippen molar-refractivity contribution in [1.29, 1.82) is 0 Å². The Kier molecular flexibility index (Phi) is 6.28. The minimum Gasteiger partial charge on any atom is -0.353 e. The molecule has 3 rings (SSSR count). The van der Waals surface area contributed by atoms with Gasteiger partial charge in [-0.05, 0) is 50.5 Å². The molecule has 0 atom stereocenters. The van der Waals surface area contributed by atoms with Crippen molar-refractivity contribution in [3.63, 3.8) is 0 Å². The van der Waals surface area contributed by atoms with Crippen molar-refractivity contribution in [1.82, 2.24) is 19.9 Å². The van der Waals surface area contributed by atoms with Crippen LogP contribution in [0, 0.1) is 0 Å². The monoisotopic (exact) mass is 402 g/mol. The summed E-state index contributed by atoms with van der Waals surface area (Å²) in [5.41, 5.74) is 1.32. The first-order valence-electron chi connectivity index (χ1n) is 8.93. The van der Waals surface area contributed by atoms with E-state index in [0.29, 0.717) is 29.7 Å². The van der Waals surface area contributed by atoms with Crippen LogP contribution in [0.5, 0.6) is 0 Å². The number of anilines is 3. The zero-order valence-electron chi connectivity index (χ0n) is 16.0. The molecule has 0 aliphatic heterocycles. The predicted molar refractivity (Wildman–Crippen MR) is 107 cm³/mol. The Morgan fingerprint density at radius 1 is 0.966 bits per heavy atom. The first-order chi connectivity index (χ1) is 13.8. The van der Waals surface area contributed by atoms with Crippen LogP contribution in [0.2, 0.25) is 0 Å². The molecule has 0 spiro atoms. The summed E-state index contributed by atoms with van der Waals surface area (Å²) in [6.07, 6.45) is -1.04. The summed E-state index contributed by atoms with van der Waals surface area (Å²) in [7, 11) is 3.93. The molecule has 3 aromatic rings. The maximum atomic E-state index is 12.8. The fourth-order valence-corrected chi connectivity index (χ4v) is 2.54. The van der Waals surface area contributed by atoms with Crippen LogP contribution in [0.25, 0.3) is 11.3 Å². The highest BCUT2D eigenvalue weighted by Gasteiger charge is 2.29. The van der Waals surface area contributed by atoms with Gasteiger partial charge < -0.3 is 15.5 Å². The van der Waals surface area contributed by atoms with E-state index in [-0.39, 0.29) is 0 Å². The van der Waals surface area contributed by atoms with Crippen LogP contribution in [0.3, 0.4) is 0 Å². The van der Waals surface area contributed by atoms with Gasteiger partial charge in [-0.3, -0.25) is 4.98 Å². The van der Waals surface area contributed by atoms with Gasteiger partial charge in [-0.2, -0.15) is 18.2 Å². The van der Waals surface area contributed by atoms with Crippen LogP contribution in [0.15, 0.2) is 54.9 Å². The summed E-state index contributed by atoms with van der Waals surface area (Å²) < 4.78 is 38.3. The van der Waals surface area contributed by atoms with Crippen molar-refractivity contribution >= 4 is 17.5 Å². The molecular formula is C20H21F3N6. The van der Waals surface area contributed by atoms with Gasteiger partial charge >= 0.3 is 6.18 Å². The molecule has 2 N–H and O–H groups in total. The second-order valence-electron chi connectivity index (χ2n) is 6.63. The van der Waals surface area contributed by atoms with Gasteiger partial charge in [0.2, 0.25) is 5.95 Å². The third-order valence-electron chi connectivity index (χ3n) is 4.03. The van der Waals surface area contributed by atoms with Gasteiger partial charge in [0.05, 0.1) is 11.3 Å². The Labute approximate surface area is 166 Å². The standard InChI is InChI=1S/C20H21F3N6/c1-29(2)12-11-25-19-27-17(14-7-9-24-10-8-14)13-18(28-19)26-16-5-3-15(4-6-16)20(21,22)23/h3-10,13H,11-12H2,1-2H3,(H2,25,26,27,28). The molecular weight excluding hydrogens is 381 g/mol. The summed E-state index contributed by atoms with van der Waals surface area (Å²) in [6, 6.07) is 10.2. The Balaban J connectivity index is 1.86. The van der Waals surface area contributed by atoms with Gasteiger partial charge in [-0.15, -0.1) is 0 Å². The zero-order valence-corrected chi connectivity index (χ0v) is 16.0. The third-order valence-corrected chi connectivity index (χ3v) is 4.03. The highest BCUT2D eigenvalue weighted by atomic mass is 19.4. The number of benzene rings is 1. The summed E-state index contributed by atoms with van der Waals surface area (Å²) >= 11 is 0. The molecule has 0 fully saturated rings. The SMILES string of the molecule is CN(C)CCNc1nc(Nc2ccc(C(F)(F)F)cc2)cc(-c2ccncc2)n1. The van der Waals surface area contributed by atoms with Crippen molar-refractivity contribution in [2.75, 3.05) is 37.8 Å². The number of pyridine rings is 1. The molecule has 9 heteroatoms. The quantitative estimate of drug-likeness (QED) is 0.615. The molecule has 6 nitrogen and oxygen atoms in total. The molecule has 152 valence electrons. The lowest BCUT2D eigenvalue weighted by Gasteiger charge is -2.14. The van der Waals surface area contributed by atoms with Gasteiger partial charge in [-0.25, -0.2) is 4.98 Å². The van der Waals surface area contributed by atoms with Crippen molar-refractivity contribution < 1.29 is 13.2 Å². The highest BCUT2D eigenvalue weighted by molar-refractivity contribution is 5.67. The molecule has 0 aliphatic rings. The van der Waals surface area contributed by atoms with E-state index < -0.39 is 11.7 Å². The number of nitrogens with zero attached hydrogens (tertiary/aromatic N) is 4. The predicted octanol–water partition coefficient (Wildman–Crippen LogP) is 4.27. The molecule has 2 heterocycles. The number of hydrogen-bond acceptors (Lipinski definition) is 6. The van der Waals surface area contributed by atoms with E-state index in [1.807, 2.05) is 31.1 Å². The average molecular weight is 402 g/mol. The first kappa shape index (κ1) is 20.5. The van der Waals surface area contributed by atoms with Gasteiger partial charge in [0.15, 0.2) is 0 Å². The second kappa shape index (κ2) is 8.87. The van der Waals surface area contributed by atoms with Gasteiger partial charge in [0.1, 0.15) is 5.82 Å². The molecule has 0 bridgehead atoms. The summed E-state index contributed by atoms with van der Waals surface area (Å²) in [4.78, 5) is 15.0. The Morgan fingerprint density at radius 2 is 1.66 bits per heavy atom. The molecule has 0 saturated heterocycles. The van der Waals surface area contributed by atoms with Crippen LogP contribution >= 0.6 is 0 Å². The number of nitrogens with one attached hydrogen (secondary N) is 2. The lowest BCUT2D eigenvalue weighted by Crippen LogP contribution is -2.21. The van der Waals surface area contributed by atoms with E-state index in [1.165, 1.54) is 12.1 Å². The van der Waals surface area contributed by atoms with E-state index in [2.05, 4.69) is 25.6 Å². The van der Waals surface area contributed by atoms with E-state index in [0.717, 1.165) is 24.2 Å². The summed E-state index contributed by atoms with van der Waals surface area (Å²) in [5.74, 6) is 0.898. The van der Waals surface area contributed by atoms with E-state index in [4.69, 9.17) is 0 Å². The molecule has 29 heavy (non-hydrogen) atoms. The lowest BCUT2D eigenvalue weighted by atomic mass is 10.2. The number of alkyl halides is 3. The van der Waals surface area contributed by atoms with Gasteiger partial charge in [-0.1, -0.05) is 0 Å². The Bertz CT molecular complexity index is 927. The number of likely N-dealkylation sites (N-methyl/N-ethyl adjacent to an activating group) is 1. The van der Waals surface area contributed by atoms with Crippen LogP contribution in [0.4, 0.5) is 30.6 Å². The molecule has 0 saturated carbocycles. The molecule has 0 aliphatic carbocycles. The van der Waals surface area contributed by atoms with E-state index >= 15 is 0 Å². The summed E-state index contributed by atoms with van der Waals surface area (Å²) in [6.45, 7) is 1.44. The molecule has 1 aromatic carbocycles. The molecule has 0 radical (unpaired) electrons. The minimum absolute atomic E-state index is 0.426. The second-order valence-corrected chi connectivity index (χ2v) is 6.63. The third kappa shape index (κ3) is 5.89. The van der Waals surface area contributed by atoms with Crippen molar-refractivity contribution in [3.8, 4) is 11.3 Å². The van der Waals surface area contributed by atoms with Gasteiger partial charge in [0.25, 0.3) is 0 Å². The smallest absolute Gasteiger partial charge is 0.353 e. The van der Waals surface area contributed by atoms with Crippen LogP contribution < -0.4 is 10.6 Å². The van der Waals surface area contributed by atoms with E-state index in [9.17, 15) is 13.2 Å². The average Bonchev–Trinajstić information content (AvgIpc) is 2.68. The molecule has 2 aromatic heterocycles. The normalized spacial score (nSPS) is 11.5. The molecule has 0 unspecified atom stereocenters. The number of rotatable bonds is 7. The Hall–Kier alpha value is -3.20. The Morgan fingerprint density at radius 3 is 2.28 bits per heavy atom. The van der Waals surface area contributed by atoms with Crippen molar-refractivity contribution in [2.45, 2.75) is 6.18 Å². The maximum absolute atomic E-state index is 12.8. The summed E-state index contributed by atoms with van der Waals surface area (Å²) in [5, 5.41) is 6.22. The van der Waals surface area contributed by atoms with Crippen molar-refractivity contribution in [2.24, 2.45) is 0 Å². The molecule has 0 amide bonds. The van der Waals surface area contributed by atoms with Crippen LogP contribution in [0.1, 0.15) is 5.56 Å². The largest absolute Gasteiger partial charge is 0.416 e. The van der Waals surface area contributed by atoms with Gasteiger partial charge in [0, 0.05) is 42.8 Å². The number of aromatic nitrogens is 3. The van der Waals surface area contributed by atoms with Crippen LogP contribution in [-0.4, -0.2) is 47.0 Å². The highest BCUT2D eigenvalue weighted by Crippen LogP contribution is 2.30. The topological polar surface area (TPSA) is 66.0 Å². The number of hydrogen-bond donors (Lipinski definition) is 2. The van der Waals surface area contributed by atoms with Crippen LogP contribution in [-0.2, 0) is 6.18 Å². The fraction of sp³-hybridized carbons (Fsp3) is 0.250. The zero-order chi connectivity index (χ0) is 20.9. The minimum atomic E-state index is -4.37. The number of halogens is 3. The maximum Gasteiger partial charge on any atom is 0.416 e. The fourth-order valence-electron chi connectivity index (χ4n) is 2.54. The lowest BCUT2D eigenvalue weighted by molar-refractivity contribution is -0.137. The van der Waals surface area contributed by atoms with E-state index in [1.54, 1.807) is 18.5 Å².